The number of nitrogens with one attached hydrogen (secondary N) is 1. The molecule has 1 aliphatic rings. The van der Waals surface area contributed by atoms with Crippen LogP contribution in [0, 0.1) is 13.8 Å². The first kappa shape index (κ1) is 17.7. The van der Waals surface area contributed by atoms with E-state index < -0.39 is 15.9 Å². The topological polar surface area (TPSA) is 63.2 Å². The average Bonchev–Trinajstić information content (AvgIpc) is 2.88. The molecular formula is C19H18ClNO3S. The summed E-state index contributed by atoms with van der Waals surface area (Å²) in [5.74, 6) is -0.500. The fourth-order valence-electron chi connectivity index (χ4n) is 2.71. The van der Waals surface area contributed by atoms with Crippen molar-refractivity contribution < 1.29 is 13.2 Å². The van der Waals surface area contributed by atoms with Crippen LogP contribution in [-0.2, 0) is 9.84 Å². The van der Waals surface area contributed by atoms with E-state index in [1.807, 2.05) is 25.1 Å². The van der Waals surface area contributed by atoms with Gasteiger partial charge in [0.15, 0.2) is 9.84 Å². The minimum atomic E-state index is -3.21. The van der Waals surface area contributed by atoms with Crippen LogP contribution in [0.15, 0.2) is 47.9 Å². The number of halogens is 1. The zero-order chi connectivity index (χ0) is 18.2. The summed E-state index contributed by atoms with van der Waals surface area (Å²) in [5, 5.41) is 4.14. The highest BCUT2D eigenvalue weighted by atomic mass is 35.5. The quantitative estimate of drug-likeness (QED) is 0.890. The Balaban J connectivity index is 1.81. The highest BCUT2D eigenvalue weighted by Gasteiger charge is 2.24. The number of amides is 1. The lowest BCUT2D eigenvalue weighted by atomic mass is 9.99. The van der Waals surface area contributed by atoms with Crippen molar-refractivity contribution in [3.8, 4) is 11.1 Å². The number of hydrogen-bond donors (Lipinski definition) is 1. The molecule has 0 spiro atoms. The molecule has 1 aliphatic heterocycles. The van der Waals surface area contributed by atoms with Gasteiger partial charge in [0, 0.05) is 5.41 Å². The van der Waals surface area contributed by atoms with Crippen LogP contribution >= 0.6 is 11.6 Å². The molecule has 1 amide bonds. The molecule has 4 nitrogen and oxygen atoms in total. The van der Waals surface area contributed by atoms with Crippen molar-refractivity contribution in [3.05, 3.63) is 69.6 Å². The molecule has 2 aromatic carbocycles. The number of carbonyl (C=O) groups excluding carboxylic acids is 1. The Morgan fingerprint density at radius 2 is 1.76 bits per heavy atom. The first-order chi connectivity index (χ1) is 11.7. The first-order valence-electron chi connectivity index (χ1n) is 7.84. The number of aryl methyl sites for hydroxylation is 2. The second-order valence-electron chi connectivity index (χ2n) is 6.23. The Bertz CT molecular complexity index is 980. The van der Waals surface area contributed by atoms with E-state index in [9.17, 15) is 13.2 Å². The molecular weight excluding hydrogens is 358 g/mol. The van der Waals surface area contributed by atoms with Gasteiger partial charge in [-0.15, -0.1) is 0 Å². The molecule has 6 heteroatoms. The third-order valence-electron chi connectivity index (χ3n) is 4.30. The van der Waals surface area contributed by atoms with Crippen molar-refractivity contribution >= 4 is 27.3 Å². The zero-order valence-corrected chi connectivity index (χ0v) is 15.5. The van der Waals surface area contributed by atoms with Crippen molar-refractivity contribution in [2.24, 2.45) is 0 Å². The number of hydrogen-bond acceptors (Lipinski definition) is 3. The highest BCUT2D eigenvalue weighted by Crippen LogP contribution is 2.27. The minimum absolute atomic E-state index is 0.114. The number of rotatable bonds is 3. The van der Waals surface area contributed by atoms with Crippen LogP contribution in [0.1, 0.15) is 21.5 Å². The number of carbonyl (C=O) groups is 1. The van der Waals surface area contributed by atoms with Crippen LogP contribution in [-0.4, -0.2) is 26.1 Å². The Kier molecular flexibility index (Phi) is 4.71. The van der Waals surface area contributed by atoms with Gasteiger partial charge in [-0.25, -0.2) is 8.42 Å². The predicted molar refractivity (Wildman–Crippen MR) is 101 cm³/mol. The van der Waals surface area contributed by atoms with Gasteiger partial charge >= 0.3 is 0 Å². The van der Waals surface area contributed by atoms with Crippen LogP contribution in [0.25, 0.3) is 11.1 Å². The van der Waals surface area contributed by atoms with Crippen molar-refractivity contribution in [2.45, 2.75) is 19.9 Å². The maximum Gasteiger partial charge on any atom is 0.253 e. The second-order valence-corrected chi connectivity index (χ2v) is 8.57. The van der Waals surface area contributed by atoms with Crippen LogP contribution in [0.4, 0.5) is 0 Å². The molecule has 0 saturated heterocycles. The summed E-state index contributed by atoms with van der Waals surface area (Å²) in [5.41, 5.74) is 4.68. The van der Waals surface area contributed by atoms with Gasteiger partial charge in [0.2, 0.25) is 0 Å². The van der Waals surface area contributed by atoms with E-state index in [1.165, 1.54) is 17.2 Å². The molecule has 1 unspecified atom stereocenters. The third kappa shape index (κ3) is 3.94. The van der Waals surface area contributed by atoms with Crippen molar-refractivity contribution in [3.63, 3.8) is 0 Å². The molecule has 0 radical (unpaired) electrons. The maximum absolute atomic E-state index is 12.4. The monoisotopic (exact) mass is 375 g/mol. The molecule has 0 aromatic heterocycles. The summed E-state index contributed by atoms with van der Waals surface area (Å²) in [6, 6.07) is 10.9. The maximum atomic E-state index is 12.4. The molecule has 1 atom stereocenters. The standard InChI is InChI=1S/C19H18ClNO3S/c1-12-3-4-14(9-13(12)2)15-5-6-17(18(20)10-15)19(22)21-16-7-8-25(23,24)11-16/h3-10,16H,11H2,1-2H3,(H,21,22). The molecule has 0 aliphatic carbocycles. The third-order valence-corrected chi connectivity index (χ3v) is 6.01. The van der Waals surface area contributed by atoms with E-state index in [1.54, 1.807) is 12.1 Å². The van der Waals surface area contributed by atoms with Gasteiger partial charge < -0.3 is 5.32 Å². The van der Waals surface area contributed by atoms with Crippen molar-refractivity contribution in [1.82, 2.24) is 5.32 Å². The normalized spacial score (nSPS) is 18.3. The predicted octanol–water partition coefficient (Wildman–Crippen LogP) is 3.66. The lowest BCUT2D eigenvalue weighted by Gasteiger charge is -2.12. The van der Waals surface area contributed by atoms with Gasteiger partial charge in [-0.3, -0.25) is 4.79 Å². The average molecular weight is 376 g/mol. The Hall–Kier alpha value is -2.11. The highest BCUT2D eigenvalue weighted by molar-refractivity contribution is 7.94. The molecule has 3 rings (SSSR count). The summed E-state index contributed by atoms with van der Waals surface area (Å²) in [4.78, 5) is 12.4. The van der Waals surface area contributed by atoms with E-state index >= 15 is 0 Å². The molecule has 2 aromatic rings. The fraction of sp³-hybridized carbons (Fsp3) is 0.211. The van der Waals surface area contributed by atoms with Gasteiger partial charge in [0.1, 0.15) is 0 Å². The molecule has 0 bridgehead atoms. The summed E-state index contributed by atoms with van der Waals surface area (Å²) in [6.07, 6.45) is 1.48. The molecule has 1 N–H and O–H groups in total. The van der Waals surface area contributed by atoms with Crippen molar-refractivity contribution in [1.29, 1.82) is 0 Å². The summed E-state index contributed by atoms with van der Waals surface area (Å²) < 4.78 is 22.8. The van der Waals surface area contributed by atoms with E-state index in [-0.39, 0.29) is 11.7 Å². The summed E-state index contributed by atoms with van der Waals surface area (Å²) >= 11 is 6.29. The summed E-state index contributed by atoms with van der Waals surface area (Å²) in [7, 11) is -3.21. The minimum Gasteiger partial charge on any atom is -0.345 e. The SMILES string of the molecule is Cc1ccc(-c2ccc(C(=O)NC3C=CS(=O)(=O)C3)c(Cl)c2)cc1C. The molecule has 25 heavy (non-hydrogen) atoms. The van der Waals surface area contributed by atoms with E-state index in [0.717, 1.165) is 16.5 Å². The lowest BCUT2D eigenvalue weighted by molar-refractivity contribution is 0.0948. The van der Waals surface area contributed by atoms with Gasteiger partial charge in [-0.05, 0) is 54.3 Å². The lowest BCUT2D eigenvalue weighted by Crippen LogP contribution is -2.35. The van der Waals surface area contributed by atoms with Crippen molar-refractivity contribution in [2.75, 3.05) is 5.75 Å². The van der Waals surface area contributed by atoms with Gasteiger partial charge in [-0.2, -0.15) is 0 Å². The fourth-order valence-corrected chi connectivity index (χ4v) is 4.21. The van der Waals surface area contributed by atoms with Crippen LogP contribution < -0.4 is 5.32 Å². The first-order valence-corrected chi connectivity index (χ1v) is 9.93. The van der Waals surface area contributed by atoms with Crippen LogP contribution in [0.5, 0.6) is 0 Å². The van der Waals surface area contributed by atoms with E-state index in [0.29, 0.717) is 10.6 Å². The van der Waals surface area contributed by atoms with E-state index in [4.69, 9.17) is 11.6 Å². The number of benzene rings is 2. The Morgan fingerprint density at radius 3 is 2.36 bits per heavy atom. The number of sulfone groups is 1. The van der Waals surface area contributed by atoms with Crippen LogP contribution in [0.2, 0.25) is 5.02 Å². The van der Waals surface area contributed by atoms with Crippen LogP contribution in [0.3, 0.4) is 0 Å². The van der Waals surface area contributed by atoms with Gasteiger partial charge in [0.25, 0.3) is 5.91 Å². The zero-order valence-electron chi connectivity index (χ0n) is 13.9. The van der Waals surface area contributed by atoms with Gasteiger partial charge in [0.05, 0.1) is 22.4 Å². The molecule has 0 saturated carbocycles. The Labute approximate surface area is 152 Å². The Morgan fingerprint density at radius 1 is 1.08 bits per heavy atom. The molecule has 1 heterocycles. The largest absolute Gasteiger partial charge is 0.345 e. The summed E-state index contributed by atoms with van der Waals surface area (Å²) in [6.45, 7) is 4.10. The molecule has 130 valence electrons. The van der Waals surface area contributed by atoms with Gasteiger partial charge in [-0.1, -0.05) is 35.9 Å². The second kappa shape index (κ2) is 6.65. The molecule has 0 fully saturated rings. The smallest absolute Gasteiger partial charge is 0.253 e. The van der Waals surface area contributed by atoms with E-state index in [2.05, 4.69) is 18.3 Å².